The van der Waals surface area contributed by atoms with Crippen LogP contribution >= 0.6 is 11.8 Å². The molecular weight excluding hydrogens is 346 g/mol. The van der Waals surface area contributed by atoms with E-state index in [0.717, 1.165) is 43.7 Å². The van der Waals surface area contributed by atoms with Crippen LogP contribution in [0.4, 0.5) is 5.69 Å². The van der Waals surface area contributed by atoms with E-state index in [0.29, 0.717) is 0 Å². The summed E-state index contributed by atoms with van der Waals surface area (Å²) < 4.78 is 0. The smallest absolute Gasteiger partial charge is 0.221 e. The number of hydrogen-bond acceptors (Lipinski definition) is 4. The Morgan fingerprint density at radius 1 is 1.15 bits per heavy atom. The van der Waals surface area contributed by atoms with Crippen molar-refractivity contribution in [1.82, 2.24) is 20.2 Å². The molecule has 0 spiro atoms. The van der Waals surface area contributed by atoms with Gasteiger partial charge in [0.25, 0.3) is 0 Å². The summed E-state index contributed by atoms with van der Waals surface area (Å²) in [4.78, 5) is 21.3. The first kappa shape index (κ1) is 16.4. The monoisotopic (exact) mass is 363 g/mol. The molecule has 0 radical (unpaired) electrons. The molecule has 6 nitrogen and oxygen atoms in total. The lowest BCUT2D eigenvalue weighted by atomic mass is 10.3. The Labute approximate surface area is 154 Å². The molecule has 0 bridgehead atoms. The van der Waals surface area contributed by atoms with Crippen LogP contribution in [0.15, 0.2) is 58.3 Å². The van der Waals surface area contributed by atoms with Crippen molar-refractivity contribution in [3.05, 3.63) is 54.2 Å². The number of H-pyrrole nitrogens is 2. The minimum absolute atomic E-state index is 0.0761. The fourth-order valence-corrected chi connectivity index (χ4v) is 3.61. The molecule has 0 fully saturated rings. The van der Waals surface area contributed by atoms with E-state index in [1.165, 1.54) is 6.92 Å². The Bertz CT molecular complexity index is 1080. The highest BCUT2D eigenvalue weighted by Gasteiger charge is 2.12. The summed E-state index contributed by atoms with van der Waals surface area (Å²) in [6, 6.07) is 15.8. The van der Waals surface area contributed by atoms with Gasteiger partial charge in [0.15, 0.2) is 5.82 Å². The van der Waals surface area contributed by atoms with Gasteiger partial charge in [-0.25, -0.2) is 4.98 Å². The number of imidazole rings is 1. The van der Waals surface area contributed by atoms with Gasteiger partial charge in [0.2, 0.25) is 5.91 Å². The zero-order valence-electron chi connectivity index (χ0n) is 14.3. The van der Waals surface area contributed by atoms with Crippen LogP contribution in [0, 0.1) is 6.92 Å². The molecule has 0 aliphatic heterocycles. The molecule has 2 heterocycles. The van der Waals surface area contributed by atoms with Gasteiger partial charge < -0.3 is 10.3 Å². The Kier molecular flexibility index (Phi) is 4.22. The standard InChI is InChI=1S/C19H17N5OS/c1-11-10-16(24-23-11)19-21-15-4-3-5-17(18(15)22-19)26-14-8-6-13(7-9-14)20-12(2)25/h3-10H,1-2H3,(H,20,25)(H,21,22)(H,23,24). The molecule has 3 N–H and O–H groups in total. The van der Waals surface area contributed by atoms with E-state index >= 15 is 0 Å². The lowest BCUT2D eigenvalue weighted by molar-refractivity contribution is -0.114. The maximum Gasteiger partial charge on any atom is 0.221 e. The van der Waals surface area contributed by atoms with Crippen molar-refractivity contribution in [2.45, 2.75) is 23.6 Å². The fraction of sp³-hybridized carbons (Fsp3) is 0.105. The van der Waals surface area contributed by atoms with Crippen molar-refractivity contribution in [3.8, 4) is 11.5 Å². The number of fused-ring (bicyclic) bond motifs is 1. The molecule has 4 rings (SSSR count). The first-order chi connectivity index (χ1) is 12.6. The van der Waals surface area contributed by atoms with Gasteiger partial charge in [-0.2, -0.15) is 5.10 Å². The zero-order valence-corrected chi connectivity index (χ0v) is 15.1. The van der Waals surface area contributed by atoms with E-state index in [2.05, 4.69) is 26.6 Å². The lowest BCUT2D eigenvalue weighted by Crippen LogP contribution is -2.05. The first-order valence-corrected chi connectivity index (χ1v) is 8.97. The van der Waals surface area contributed by atoms with E-state index in [-0.39, 0.29) is 5.91 Å². The van der Waals surface area contributed by atoms with Gasteiger partial charge in [0.05, 0.1) is 5.52 Å². The molecule has 4 aromatic rings. The summed E-state index contributed by atoms with van der Waals surface area (Å²) in [5, 5.41) is 9.98. The summed E-state index contributed by atoms with van der Waals surface area (Å²) in [5.41, 5.74) is 4.47. The third-order valence-corrected chi connectivity index (χ3v) is 4.88. The topological polar surface area (TPSA) is 86.5 Å². The molecule has 0 aliphatic rings. The molecular formula is C19H17N5OS. The van der Waals surface area contributed by atoms with Gasteiger partial charge in [0, 0.05) is 28.1 Å². The van der Waals surface area contributed by atoms with Crippen LogP contribution in [0.2, 0.25) is 0 Å². The summed E-state index contributed by atoms with van der Waals surface area (Å²) in [6.07, 6.45) is 0. The molecule has 26 heavy (non-hydrogen) atoms. The zero-order chi connectivity index (χ0) is 18.1. The van der Waals surface area contributed by atoms with Crippen LogP contribution in [0.3, 0.4) is 0 Å². The third kappa shape index (κ3) is 3.34. The highest BCUT2D eigenvalue weighted by atomic mass is 32.2. The molecule has 0 atom stereocenters. The number of carbonyl (C=O) groups is 1. The van der Waals surface area contributed by atoms with Gasteiger partial charge >= 0.3 is 0 Å². The number of benzene rings is 2. The van der Waals surface area contributed by atoms with Gasteiger partial charge in [0.1, 0.15) is 11.2 Å². The van der Waals surface area contributed by atoms with E-state index in [4.69, 9.17) is 4.98 Å². The predicted molar refractivity (Wildman–Crippen MR) is 103 cm³/mol. The Morgan fingerprint density at radius 2 is 1.96 bits per heavy atom. The second-order valence-electron chi connectivity index (χ2n) is 5.98. The highest BCUT2D eigenvalue weighted by molar-refractivity contribution is 7.99. The average Bonchev–Trinajstić information content (AvgIpc) is 3.23. The van der Waals surface area contributed by atoms with Crippen LogP contribution in [-0.4, -0.2) is 26.1 Å². The number of carbonyl (C=O) groups excluding carboxylic acids is 1. The lowest BCUT2D eigenvalue weighted by Gasteiger charge is -2.05. The molecule has 2 aromatic heterocycles. The van der Waals surface area contributed by atoms with Crippen molar-refractivity contribution >= 4 is 34.4 Å². The van der Waals surface area contributed by atoms with Crippen LogP contribution in [0.1, 0.15) is 12.6 Å². The van der Waals surface area contributed by atoms with E-state index in [9.17, 15) is 4.79 Å². The third-order valence-electron chi connectivity index (χ3n) is 3.83. The number of nitrogens with one attached hydrogen (secondary N) is 3. The second-order valence-corrected chi connectivity index (χ2v) is 7.10. The molecule has 0 unspecified atom stereocenters. The molecule has 0 saturated heterocycles. The number of anilines is 1. The van der Waals surface area contributed by atoms with Crippen LogP contribution < -0.4 is 5.32 Å². The Balaban J connectivity index is 1.64. The maximum absolute atomic E-state index is 11.1. The van der Waals surface area contributed by atoms with Crippen molar-refractivity contribution in [2.24, 2.45) is 0 Å². The van der Waals surface area contributed by atoms with Gasteiger partial charge in [-0.1, -0.05) is 17.8 Å². The largest absolute Gasteiger partial charge is 0.337 e. The molecule has 2 aromatic carbocycles. The van der Waals surface area contributed by atoms with Crippen molar-refractivity contribution in [3.63, 3.8) is 0 Å². The minimum atomic E-state index is -0.0761. The Morgan fingerprint density at radius 3 is 2.65 bits per heavy atom. The number of hydrogen-bond donors (Lipinski definition) is 3. The quantitative estimate of drug-likeness (QED) is 0.502. The summed E-state index contributed by atoms with van der Waals surface area (Å²) in [6.45, 7) is 3.46. The number of aromatic amines is 2. The van der Waals surface area contributed by atoms with Crippen LogP contribution in [0.25, 0.3) is 22.6 Å². The molecule has 0 aliphatic carbocycles. The second kappa shape index (κ2) is 6.68. The van der Waals surface area contributed by atoms with Gasteiger partial charge in [-0.3, -0.25) is 9.89 Å². The summed E-state index contributed by atoms with van der Waals surface area (Å²) in [5.74, 6) is 0.672. The fourth-order valence-electron chi connectivity index (χ4n) is 2.69. The maximum atomic E-state index is 11.1. The number of amides is 1. The van der Waals surface area contributed by atoms with Crippen molar-refractivity contribution < 1.29 is 4.79 Å². The normalized spacial score (nSPS) is 11.0. The van der Waals surface area contributed by atoms with E-state index in [1.54, 1.807) is 11.8 Å². The number of rotatable bonds is 4. The molecule has 1 amide bonds. The van der Waals surface area contributed by atoms with E-state index in [1.807, 2.05) is 49.4 Å². The highest BCUT2D eigenvalue weighted by Crippen LogP contribution is 2.34. The predicted octanol–water partition coefficient (Wildman–Crippen LogP) is 4.37. The first-order valence-electron chi connectivity index (χ1n) is 8.15. The number of nitrogens with zero attached hydrogens (tertiary/aromatic N) is 2. The SMILES string of the molecule is CC(=O)Nc1ccc(Sc2cccc3[nH]c(-c4cc(C)[nH]n4)nc23)cc1. The van der Waals surface area contributed by atoms with Crippen LogP contribution in [0.5, 0.6) is 0 Å². The van der Waals surface area contributed by atoms with Crippen LogP contribution in [-0.2, 0) is 4.79 Å². The van der Waals surface area contributed by atoms with E-state index < -0.39 is 0 Å². The number of para-hydroxylation sites is 1. The minimum Gasteiger partial charge on any atom is -0.337 e. The summed E-state index contributed by atoms with van der Waals surface area (Å²) >= 11 is 1.63. The Hall–Kier alpha value is -3.06. The van der Waals surface area contributed by atoms with Crippen molar-refractivity contribution in [2.75, 3.05) is 5.32 Å². The van der Waals surface area contributed by atoms with Crippen molar-refractivity contribution in [1.29, 1.82) is 0 Å². The molecule has 0 saturated carbocycles. The molecule has 7 heteroatoms. The summed E-state index contributed by atoms with van der Waals surface area (Å²) in [7, 11) is 0. The average molecular weight is 363 g/mol. The van der Waals surface area contributed by atoms with Gasteiger partial charge in [-0.05, 0) is 49.4 Å². The van der Waals surface area contributed by atoms with Gasteiger partial charge in [-0.15, -0.1) is 0 Å². The number of aromatic nitrogens is 4. The number of aryl methyl sites for hydroxylation is 1. The molecule has 130 valence electrons.